The van der Waals surface area contributed by atoms with Crippen molar-refractivity contribution in [2.45, 2.75) is 20.8 Å². The number of aromatic nitrogens is 1. The monoisotopic (exact) mass is 303 g/mol. The van der Waals surface area contributed by atoms with Gasteiger partial charge in [0.25, 0.3) is 5.91 Å². The number of rotatable bonds is 5. The molecule has 0 spiro atoms. The van der Waals surface area contributed by atoms with E-state index in [1.54, 1.807) is 14.0 Å². The molecule has 1 heterocycles. The molecule has 2 rings (SSSR count). The molecule has 0 fully saturated rings. The van der Waals surface area contributed by atoms with Crippen molar-refractivity contribution >= 4 is 17.3 Å². The molecule has 0 aliphatic rings. The molecular weight excluding hydrogens is 282 g/mol. The molecule has 0 radical (unpaired) electrons. The summed E-state index contributed by atoms with van der Waals surface area (Å²) < 4.78 is 6.17. The molecule has 22 heavy (non-hydrogen) atoms. The van der Waals surface area contributed by atoms with Crippen LogP contribution in [0.3, 0.4) is 0 Å². The van der Waals surface area contributed by atoms with Gasteiger partial charge in [0.05, 0.1) is 5.69 Å². The molecule has 6 nitrogen and oxygen atoms in total. The number of hydrogen-bond acceptors (Lipinski definition) is 4. The van der Waals surface area contributed by atoms with Gasteiger partial charge in [0.1, 0.15) is 5.56 Å². The Balaban J connectivity index is 2.17. The quantitative estimate of drug-likeness (QED) is 0.921. The number of anilines is 2. The average Bonchev–Trinajstić information content (AvgIpc) is 2.75. The highest BCUT2D eigenvalue weighted by atomic mass is 16.5. The first-order valence-electron chi connectivity index (χ1n) is 7.31. The van der Waals surface area contributed by atoms with E-state index in [-0.39, 0.29) is 5.56 Å². The van der Waals surface area contributed by atoms with E-state index in [1.807, 2.05) is 24.3 Å². The Bertz CT molecular complexity index is 709. The van der Waals surface area contributed by atoms with Crippen molar-refractivity contribution in [2.75, 3.05) is 23.3 Å². The second-order valence-corrected chi connectivity index (χ2v) is 5.01. The lowest BCUT2D eigenvalue weighted by Gasteiger charge is -2.21. The number of aryl methyl sites for hydroxylation is 1. The fourth-order valence-corrected chi connectivity index (χ4v) is 2.34. The highest BCUT2D eigenvalue weighted by Gasteiger charge is 2.19. The number of hydrogen-bond donors (Lipinski definition) is 1. The third-order valence-corrected chi connectivity index (χ3v) is 3.74. The number of nitrogens with zero attached hydrogens (tertiary/aromatic N) is 2. The van der Waals surface area contributed by atoms with Gasteiger partial charge in [-0.15, -0.1) is 0 Å². The van der Waals surface area contributed by atoms with E-state index in [0.717, 1.165) is 18.8 Å². The van der Waals surface area contributed by atoms with Gasteiger partial charge in [-0.2, -0.15) is 0 Å². The van der Waals surface area contributed by atoms with Crippen molar-refractivity contribution in [3.8, 4) is 0 Å². The molecule has 1 N–H and O–H groups in total. The van der Waals surface area contributed by atoms with E-state index < -0.39 is 11.5 Å². The fourth-order valence-electron chi connectivity index (χ4n) is 2.34. The summed E-state index contributed by atoms with van der Waals surface area (Å²) in [6.45, 7) is 7.70. The number of benzene rings is 1. The van der Waals surface area contributed by atoms with E-state index in [1.165, 1.54) is 4.74 Å². The molecular formula is C16H21N3O3. The molecule has 118 valence electrons. The lowest BCUT2D eigenvalue weighted by atomic mass is 10.2. The zero-order valence-corrected chi connectivity index (χ0v) is 13.3. The lowest BCUT2D eigenvalue weighted by Crippen LogP contribution is -2.22. The SMILES string of the molecule is CCN(CC)c1ccc(NC(=O)c2c(C)n(C)oc2=O)cc1. The van der Waals surface area contributed by atoms with Gasteiger partial charge in [-0.3, -0.25) is 4.79 Å². The van der Waals surface area contributed by atoms with Gasteiger partial charge < -0.3 is 14.7 Å². The Morgan fingerprint density at radius 1 is 1.23 bits per heavy atom. The van der Waals surface area contributed by atoms with E-state index in [4.69, 9.17) is 4.52 Å². The van der Waals surface area contributed by atoms with Crippen molar-refractivity contribution in [3.05, 3.63) is 45.9 Å². The molecule has 0 aliphatic heterocycles. The smallest absolute Gasteiger partial charge is 0.370 e. The molecule has 0 saturated carbocycles. The maximum Gasteiger partial charge on any atom is 0.370 e. The first-order valence-corrected chi connectivity index (χ1v) is 7.31. The topological polar surface area (TPSA) is 67.5 Å². The van der Waals surface area contributed by atoms with Crippen LogP contribution in [0.4, 0.5) is 11.4 Å². The van der Waals surface area contributed by atoms with Crippen LogP contribution in [0, 0.1) is 6.92 Å². The maximum atomic E-state index is 12.2. The van der Waals surface area contributed by atoms with Crippen LogP contribution in [0.15, 0.2) is 33.6 Å². The fraction of sp³-hybridized carbons (Fsp3) is 0.375. The van der Waals surface area contributed by atoms with Gasteiger partial charge in [0.15, 0.2) is 0 Å². The zero-order valence-electron chi connectivity index (χ0n) is 13.3. The lowest BCUT2D eigenvalue weighted by molar-refractivity contribution is 0.102. The van der Waals surface area contributed by atoms with Crippen molar-refractivity contribution < 1.29 is 9.32 Å². The number of nitrogens with one attached hydrogen (secondary N) is 1. The van der Waals surface area contributed by atoms with Gasteiger partial charge >= 0.3 is 5.63 Å². The summed E-state index contributed by atoms with van der Waals surface area (Å²) in [6.07, 6.45) is 0. The Kier molecular flexibility index (Phi) is 4.70. The summed E-state index contributed by atoms with van der Waals surface area (Å²) in [7, 11) is 1.59. The van der Waals surface area contributed by atoms with Crippen LogP contribution in [0.25, 0.3) is 0 Å². The normalized spacial score (nSPS) is 10.5. The summed E-state index contributed by atoms with van der Waals surface area (Å²) in [4.78, 5) is 26.1. The van der Waals surface area contributed by atoms with Gasteiger partial charge in [-0.25, -0.2) is 9.53 Å². The van der Waals surface area contributed by atoms with E-state index >= 15 is 0 Å². The molecule has 0 atom stereocenters. The minimum Gasteiger partial charge on any atom is -0.372 e. The summed E-state index contributed by atoms with van der Waals surface area (Å²) in [5.41, 5.74) is 1.65. The molecule has 1 aromatic heterocycles. The largest absolute Gasteiger partial charge is 0.372 e. The van der Waals surface area contributed by atoms with Gasteiger partial charge in [0.2, 0.25) is 0 Å². The van der Waals surface area contributed by atoms with Crippen LogP contribution in [0.2, 0.25) is 0 Å². The van der Waals surface area contributed by atoms with Crippen LogP contribution in [-0.2, 0) is 7.05 Å². The van der Waals surface area contributed by atoms with Crippen molar-refractivity contribution in [2.24, 2.45) is 7.05 Å². The van der Waals surface area contributed by atoms with Gasteiger partial charge in [-0.1, -0.05) is 0 Å². The molecule has 0 saturated heterocycles. The van der Waals surface area contributed by atoms with Crippen LogP contribution < -0.4 is 15.8 Å². The number of carbonyl (C=O) groups is 1. The highest BCUT2D eigenvalue weighted by molar-refractivity contribution is 6.04. The standard InChI is InChI=1S/C16H21N3O3/c1-5-19(6-2)13-9-7-12(8-10-13)17-15(20)14-11(3)18(4)22-16(14)21/h7-10H,5-6H2,1-4H3,(H,17,20). The molecule has 0 unspecified atom stereocenters. The first kappa shape index (κ1) is 15.9. The van der Waals surface area contributed by atoms with Crippen LogP contribution in [-0.4, -0.2) is 23.7 Å². The van der Waals surface area contributed by atoms with E-state index in [9.17, 15) is 9.59 Å². The average molecular weight is 303 g/mol. The van der Waals surface area contributed by atoms with Crippen molar-refractivity contribution in [1.29, 1.82) is 0 Å². The molecule has 0 bridgehead atoms. The summed E-state index contributed by atoms with van der Waals surface area (Å²) in [6, 6.07) is 7.54. The second kappa shape index (κ2) is 6.51. The molecule has 2 aromatic rings. The predicted molar refractivity (Wildman–Crippen MR) is 86.6 cm³/mol. The third-order valence-electron chi connectivity index (χ3n) is 3.74. The predicted octanol–water partition coefficient (Wildman–Crippen LogP) is 2.39. The van der Waals surface area contributed by atoms with Crippen LogP contribution in [0.1, 0.15) is 29.9 Å². The highest BCUT2D eigenvalue weighted by Crippen LogP contribution is 2.18. The molecule has 1 aromatic carbocycles. The molecule has 1 amide bonds. The summed E-state index contributed by atoms with van der Waals surface area (Å²) in [5, 5.41) is 2.72. The zero-order chi connectivity index (χ0) is 16.3. The van der Waals surface area contributed by atoms with Crippen LogP contribution >= 0.6 is 0 Å². The third kappa shape index (κ3) is 3.05. The number of amides is 1. The minimum absolute atomic E-state index is 0.0373. The molecule has 6 heteroatoms. The Morgan fingerprint density at radius 2 is 1.82 bits per heavy atom. The summed E-state index contributed by atoms with van der Waals surface area (Å²) >= 11 is 0. The first-order chi connectivity index (χ1) is 10.5. The van der Waals surface area contributed by atoms with E-state index in [2.05, 4.69) is 24.1 Å². The number of carbonyl (C=O) groups excluding carboxylic acids is 1. The minimum atomic E-state index is -0.628. The van der Waals surface area contributed by atoms with E-state index in [0.29, 0.717) is 11.4 Å². The van der Waals surface area contributed by atoms with Gasteiger partial charge in [0, 0.05) is 31.5 Å². The van der Waals surface area contributed by atoms with Gasteiger partial charge in [-0.05, 0) is 45.0 Å². The Morgan fingerprint density at radius 3 is 2.27 bits per heavy atom. The molecule has 0 aliphatic carbocycles. The Labute approximate surface area is 129 Å². The van der Waals surface area contributed by atoms with Crippen molar-refractivity contribution in [3.63, 3.8) is 0 Å². The summed E-state index contributed by atoms with van der Waals surface area (Å²) in [5.74, 6) is -0.456. The Hall–Kier alpha value is -2.50. The second-order valence-electron chi connectivity index (χ2n) is 5.01. The van der Waals surface area contributed by atoms with Crippen molar-refractivity contribution in [1.82, 2.24) is 4.74 Å². The maximum absolute atomic E-state index is 12.2. The van der Waals surface area contributed by atoms with Crippen LogP contribution in [0.5, 0.6) is 0 Å².